The summed E-state index contributed by atoms with van der Waals surface area (Å²) in [6.07, 6.45) is 1.74. The van der Waals surface area contributed by atoms with Crippen molar-refractivity contribution < 1.29 is 22.7 Å². The van der Waals surface area contributed by atoms with Crippen LogP contribution >= 0.6 is 0 Å². The number of rotatable bonds is 10. The SMILES string of the molecule is CCC[C@@H](C)NC(=O)CN(c1cc(C)cc(C)c1)S(=O)(=O)c1ccc(OC)c(OC)c1. The topological polar surface area (TPSA) is 84.9 Å². The van der Waals surface area contributed by atoms with E-state index in [1.807, 2.05) is 33.8 Å². The third kappa shape index (κ3) is 6.13. The molecule has 31 heavy (non-hydrogen) atoms. The lowest BCUT2D eigenvalue weighted by molar-refractivity contribution is -0.120. The molecular formula is C23H32N2O5S. The van der Waals surface area contributed by atoms with Gasteiger partial charge in [0.15, 0.2) is 11.5 Å². The molecule has 0 spiro atoms. The number of sulfonamides is 1. The van der Waals surface area contributed by atoms with Crippen LogP contribution in [0, 0.1) is 13.8 Å². The van der Waals surface area contributed by atoms with Gasteiger partial charge in [-0.15, -0.1) is 0 Å². The van der Waals surface area contributed by atoms with Gasteiger partial charge in [-0.25, -0.2) is 8.42 Å². The zero-order valence-electron chi connectivity index (χ0n) is 19.1. The highest BCUT2D eigenvalue weighted by molar-refractivity contribution is 7.92. The van der Waals surface area contributed by atoms with Gasteiger partial charge < -0.3 is 14.8 Å². The summed E-state index contributed by atoms with van der Waals surface area (Å²) in [6, 6.07) is 9.82. The highest BCUT2D eigenvalue weighted by Gasteiger charge is 2.29. The van der Waals surface area contributed by atoms with Gasteiger partial charge in [-0.1, -0.05) is 19.4 Å². The Hall–Kier alpha value is -2.74. The number of carbonyl (C=O) groups excluding carboxylic acids is 1. The second-order valence-electron chi connectivity index (χ2n) is 7.63. The van der Waals surface area contributed by atoms with Crippen LogP contribution in [0.25, 0.3) is 0 Å². The largest absolute Gasteiger partial charge is 0.493 e. The third-order valence-corrected chi connectivity index (χ3v) is 6.62. The van der Waals surface area contributed by atoms with Gasteiger partial charge in [0.1, 0.15) is 6.54 Å². The van der Waals surface area contributed by atoms with Crippen LogP contribution in [0.5, 0.6) is 11.5 Å². The molecule has 0 aliphatic carbocycles. The first kappa shape index (κ1) is 24.5. The number of methoxy groups -OCH3 is 2. The minimum Gasteiger partial charge on any atom is -0.493 e. The van der Waals surface area contributed by atoms with Gasteiger partial charge in [0.2, 0.25) is 5.91 Å². The molecule has 0 unspecified atom stereocenters. The molecule has 0 radical (unpaired) electrons. The average molecular weight is 449 g/mol. The maximum absolute atomic E-state index is 13.6. The predicted molar refractivity (Wildman–Crippen MR) is 123 cm³/mol. The molecule has 0 fully saturated rings. The number of nitrogens with zero attached hydrogens (tertiary/aromatic N) is 1. The molecule has 2 aromatic rings. The molecule has 170 valence electrons. The molecule has 0 aliphatic rings. The average Bonchev–Trinajstić information content (AvgIpc) is 2.70. The van der Waals surface area contributed by atoms with Crippen LogP contribution in [-0.4, -0.2) is 41.1 Å². The van der Waals surface area contributed by atoms with Crippen molar-refractivity contribution in [3.8, 4) is 11.5 Å². The van der Waals surface area contributed by atoms with E-state index < -0.39 is 10.0 Å². The molecule has 7 nitrogen and oxygen atoms in total. The van der Waals surface area contributed by atoms with Gasteiger partial charge in [0.05, 0.1) is 24.8 Å². The zero-order valence-corrected chi connectivity index (χ0v) is 19.9. The summed E-state index contributed by atoms with van der Waals surface area (Å²) in [5, 5.41) is 2.88. The Labute approximate surface area is 185 Å². The summed E-state index contributed by atoms with van der Waals surface area (Å²) in [7, 11) is -1.13. The summed E-state index contributed by atoms with van der Waals surface area (Å²) in [5.74, 6) is 0.361. The van der Waals surface area contributed by atoms with Gasteiger partial charge in [-0.05, 0) is 62.6 Å². The number of ether oxygens (including phenoxy) is 2. The van der Waals surface area contributed by atoms with E-state index in [1.54, 1.807) is 12.1 Å². The molecular weight excluding hydrogens is 416 g/mol. The first-order valence-corrected chi connectivity index (χ1v) is 11.7. The van der Waals surface area contributed by atoms with Crippen molar-refractivity contribution >= 4 is 21.6 Å². The highest BCUT2D eigenvalue weighted by Crippen LogP contribution is 2.32. The number of nitrogens with one attached hydrogen (secondary N) is 1. The van der Waals surface area contributed by atoms with Crippen LogP contribution in [0.15, 0.2) is 41.3 Å². The Kier molecular flexibility index (Phi) is 8.33. The quantitative estimate of drug-likeness (QED) is 0.597. The van der Waals surface area contributed by atoms with Crippen molar-refractivity contribution in [2.24, 2.45) is 0 Å². The Morgan fingerprint density at radius 2 is 1.65 bits per heavy atom. The number of hydrogen-bond donors (Lipinski definition) is 1. The van der Waals surface area contributed by atoms with Gasteiger partial charge in [-0.3, -0.25) is 9.10 Å². The molecule has 0 heterocycles. The smallest absolute Gasteiger partial charge is 0.264 e. The molecule has 0 saturated carbocycles. The number of aryl methyl sites for hydroxylation is 2. The van der Waals surface area contributed by atoms with Gasteiger partial charge >= 0.3 is 0 Å². The van der Waals surface area contributed by atoms with Crippen LogP contribution in [-0.2, 0) is 14.8 Å². The standard InChI is InChI=1S/C23H32N2O5S/c1-7-8-18(4)24-23(26)15-25(19-12-16(2)11-17(3)13-19)31(27,28)20-9-10-21(29-5)22(14-20)30-6/h9-14,18H,7-8,15H2,1-6H3,(H,24,26)/t18-/m1/s1. The Morgan fingerprint density at radius 3 is 2.19 bits per heavy atom. The minimum atomic E-state index is -4.05. The molecule has 2 aromatic carbocycles. The van der Waals surface area contributed by atoms with Crippen molar-refractivity contribution in [2.75, 3.05) is 25.1 Å². The lowest BCUT2D eigenvalue weighted by atomic mass is 10.1. The number of hydrogen-bond acceptors (Lipinski definition) is 5. The van der Waals surface area contributed by atoms with Crippen LogP contribution in [0.3, 0.4) is 0 Å². The molecule has 1 N–H and O–H groups in total. The molecule has 1 atom stereocenters. The van der Waals surface area contributed by atoms with E-state index in [2.05, 4.69) is 5.32 Å². The van der Waals surface area contributed by atoms with Crippen molar-refractivity contribution in [3.63, 3.8) is 0 Å². The third-order valence-electron chi connectivity index (χ3n) is 4.85. The van der Waals surface area contributed by atoms with Crippen molar-refractivity contribution in [1.82, 2.24) is 5.32 Å². The fraction of sp³-hybridized carbons (Fsp3) is 0.435. The number of anilines is 1. The van der Waals surface area contributed by atoms with Crippen LogP contribution < -0.4 is 19.1 Å². The van der Waals surface area contributed by atoms with E-state index in [0.717, 1.165) is 28.3 Å². The van der Waals surface area contributed by atoms with Gasteiger partial charge in [-0.2, -0.15) is 0 Å². The molecule has 0 bridgehead atoms. The molecule has 0 aliphatic heterocycles. The van der Waals surface area contributed by atoms with E-state index >= 15 is 0 Å². The summed E-state index contributed by atoms with van der Waals surface area (Å²) < 4.78 is 38.9. The lowest BCUT2D eigenvalue weighted by Crippen LogP contribution is -2.43. The van der Waals surface area contributed by atoms with Crippen molar-refractivity contribution in [2.45, 2.75) is 51.5 Å². The minimum absolute atomic E-state index is 0.0127. The van der Waals surface area contributed by atoms with Crippen LogP contribution in [0.4, 0.5) is 5.69 Å². The van der Waals surface area contributed by atoms with E-state index in [1.165, 1.54) is 32.4 Å². The van der Waals surface area contributed by atoms with Crippen molar-refractivity contribution in [1.29, 1.82) is 0 Å². The second-order valence-corrected chi connectivity index (χ2v) is 9.49. The predicted octanol–water partition coefficient (Wildman–Crippen LogP) is 3.82. The van der Waals surface area contributed by atoms with E-state index in [-0.39, 0.29) is 23.4 Å². The zero-order chi connectivity index (χ0) is 23.2. The second kappa shape index (κ2) is 10.5. The fourth-order valence-electron chi connectivity index (χ4n) is 3.47. The number of amides is 1. The molecule has 2 rings (SSSR count). The number of benzene rings is 2. The first-order valence-electron chi connectivity index (χ1n) is 10.2. The van der Waals surface area contributed by atoms with Gasteiger partial charge in [0, 0.05) is 12.1 Å². The summed E-state index contributed by atoms with van der Waals surface area (Å²) in [4.78, 5) is 12.7. The molecule has 8 heteroatoms. The fourth-order valence-corrected chi connectivity index (χ4v) is 4.89. The van der Waals surface area contributed by atoms with Crippen molar-refractivity contribution in [3.05, 3.63) is 47.5 Å². The van der Waals surface area contributed by atoms with E-state index in [9.17, 15) is 13.2 Å². The number of carbonyl (C=O) groups is 1. The van der Waals surface area contributed by atoms with E-state index in [0.29, 0.717) is 17.2 Å². The normalized spacial score (nSPS) is 12.2. The highest BCUT2D eigenvalue weighted by atomic mass is 32.2. The van der Waals surface area contributed by atoms with Gasteiger partial charge in [0.25, 0.3) is 10.0 Å². The Morgan fingerprint density at radius 1 is 1.03 bits per heavy atom. The summed E-state index contributed by atoms with van der Waals surface area (Å²) in [6.45, 7) is 7.40. The first-order chi connectivity index (χ1) is 14.6. The molecule has 0 aromatic heterocycles. The monoisotopic (exact) mass is 448 g/mol. The summed E-state index contributed by atoms with van der Waals surface area (Å²) >= 11 is 0. The van der Waals surface area contributed by atoms with Crippen LogP contribution in [0.1, 0.15) is 37.8 Å². The van der Waals surface area contributed by atoms with E-state index in [4.69, 9.17) is 9.47 Å². The molecule has 1 amide bonds. The lowest BCUT2D eigenvalue weighted by Gasteiger charge is -2.26. The maximum atomic E-state index is 13.6. The Bertz CT molecular complexity index is 1000. The van der Waals surface area contributed by atoms with Crippen LogP contribution in [0.2, 0.25) is 0 Å². The maximum Gasteiger partial charge on any atom is 0.264 e. The molecule has 0 saturated heterocycles. The summed E-state index contributed by atoms with van der Waals surface area (Å²) in [5.41, 5.74) is 2.25. The Balaban J connectivity index is 2.51.